The van der Waals surface area contributed by atoms with Gasteiger partial charge in [-0.15, -0.1) is 11.3 Å². The largest absolute Gasteiger partial charge is 0.144 e. The summed E-state index contributed by atoms with van der Waals surface area (Å²) in [5.74, 6) is 0.212. The van der Waals surface area contributed by atoms with Crippen LogP contribution in [-0.4, -0.2) is 7.85 Å². The summed E-state index contributed by atoms with van der Waals surface area (Å²) in [6, 6.07) is 2.16. The van der Waals surface area contributed by atoms with Crippen molar-refractivity contribution in [1.29, 1.82) is 0 Å². The van der Waals surface area contributed by atoms with E-state index in [-0.39, 0.29) is 5.82 Å². The first-order chi connectivity index (χ1) is 6.27. The molecular weight excluding hydrogens is 175 g/mol. The Balaban J connectivity index is 2.29. The number of aryl methyl sites for hydroxylation is 1. The summed E-state index contributed by atoms with van der Waals surface area (Å²) < 4.78 is 0. The van der Waals surface area contributed by atoms with Crippen molar-refractivity contribution in [1.82, 2.24) is 0 Å². The molecule has 0 saturated heterocycles. The summed E-state index contributed by atoms with van der Waals surface area (Å²) >= 11 is 1.80. The van der Waals surface area contributed by atoms with Crippen LogP contribution >= 0.6 is 11.3 Å². The van der Waals surface area contributed by atoms with Crippen molar-refractivity contribution in [3.05, 3.63) is 40.1 Å². The lowest BCUT2D eigenvalue weighted by atomic mass is 9.80. The van der Waals surface area contributed by atoms with E-state index in [1.807, 2.05) is 0 Å². The number of rotatable bonds is 1. The minimum atomic E-state index is 0.212. The third kappa shape index (κ3) is 1.78. The second kappa shape index (κ2) is 3.55. The van der Waals surface area contributed by atoms with Crippen molar-refractivity contribution in [3.63, 3.8) is 0 Å². The molecule has 1 aliphatic rings. The topological polar surface area (TPSA) is 0 Å². The molecule has 13 heavy (non-hydrogen) atoms. The summed E-state index contributed by atoms with van der Waals surface area (Å²) in [6.07, 6.45) is 7.40. The molecule has 0 amide bonds. The van der Waals surface area contributed by atoms with Crippen molar-refractivity contribution in [2.24, 2.45) is 0 Å². The maximum Gasteiger partial charge on any atom is 0.0759 e. The Kier molecular flexibility index (Phi) is 2.41. The highest BCUT2D eigenvalue weighted by Crippen LogP contribution is 2.30. The van der Waals surface area contributed by atoms with Gasteiger partial charge in [-0.05, 0) is 35.9 Å². The van der Waals surface area contributed by atoms with E-state index in [9.17, 15) is 0 Å². The van der Waals surface area contributed by atoms with Crippen LogP contribution in [0.25, 0.3) is 5.57 Å². The molecule has 1 heterocycles. The molecule has 0 saturated carbocycles. The predicted molar refractivity (Wildman–Crippen MR) is 60.3 cm³/mol. The highest BCUT2D eigenvalue weighted by Gasteiger charge is 2.07. The first-order valence-electron chi connectivity index (χ1n) is 4.46. The van der Waals surface area contributed by atoms with Gasteiger partial charge < -0.3 is 0 Å². The number of hydrogen-bond donors (Lipinski definition) is 0. The number of allylic oxidation sites excluding steroid dienone is 4. The van der Waals surface area contributed by atoms with Crippen molar-refractivity contribution < 1.29 is 0 Å². The lowest BCUT2D eigenvalue weighted by Crippen LogP contribution is -1.92. The zero-order chi connectivity index (χ0) is 9.26. The van der Waals surface area contributed by atoms with Gasteiger partial charge in [0.15, 0.2) is 0 Å². The van der Waals surface area contributed by atoms with Gasteiger partial charge in [0, 0.05) is 4.88 Å². The van der Waals surface area contributed by atoms with E-state index >= 15 is 0 Å². The van der Waals surface area contributed by atoms with Crippen LogP contribution < -0.4 is 0 Å². The molecule has 0 aliphatic heterocycles. The summed E-state index contributed by atoms with van der Waals surface area (Å²) in [4.78, 5) is 1.38. The fraction of sp³-hybridized carbons (Fsp3) is 0.273. The Hall–Kier alpha value is -0.755. The maximum absolute atomic E-state index is 5.76. The van der Waals surface area contributed by atoms with Gasteiger partial charge in [-0.3, -0.25) is 0 Å². The molecule has 1 aliphatic carbocycles. The first kappa shape index (κ1) is 8.83. The SMILES string of the molecule is [B]C1C=CC(c2sccc2C)=CC1. The van der Waals surface area contributed by atoms with E-state index in [0.29, 0.717) is 0 Å². The Morgan fingerprint density at radius 3 is 2.92 bits per heavy atom. The predicted octanol–water partition coefficient (Wildman–Crippen LogP) is 3.36. The van der Waals surface area contributed by atoms with E-state index in [1.165, 1.54) is 16.0 Å². The lowest BCUT2D eigenvalue weighted by Gasteiger charge is -2.11. The van der Waals surface area contributed by atoms with Gasteiger partial charge in [0.2, 0.25) is 0 Å². The van der Waals surface area contributed by atoms with Crippen molar-refractivity contribution in [2.75, 3.05) is 0 Å². The molecular formula is C11H11BS. The van der Waals surface area contributed by atoms with Gasteiger partial charge >= 0.3 is 0 Å². The van der Waals surface area contributed by atoms with Crippen molar-refractivity contribution >= 4 is 24.8 Å². The summed E-state index contributed by atoms with van der Waals surface area (Å²) in [7, 11) is 5.76. The zero-order valence-corrected chi connectivity index (χ0v) is 8.47. The monoisotopic (exact) mass is 186 g/mol. The van der Waals surface area contributed by atoms with Gasteiger partial charge in [0.1, 0.15) is 0 Å². The third-order valence-electron chi connectivity index (χ3n) is 2.26. The van der Waals surface area contributed by atoms with E-state index in [4.69, 9.17) is 7.85 Å². The highest BCUT2D eigenvalue weighted by molar-refractivity contribution is 7.11. The molecule has 2 rings (SSSR count). The third-order valence-corrected chi connectivity index (χ3v) is 3.32. The van der Waals surface area contributed by atoms with E-state index in [1.54, 1.807) is 11.3 Å². The van der Waals surface area contributed by atoms with Crippen LogP contribution in [0, 0.1) is 6.92 Å². The van der Waals surface area contributed by atoms with Crippen LogP contribution in [0.15, 0.2) is 29.7 Å². The first-order valence-corrected chi connectivity index (χ1v) is 5.34. The van der Waals surface area contributed by atoms with E-state index in [2.05, 4.69) is 36.6 Å². The Bertz CT molecular complexity index is 360. The maximum atomic E-state index is 5.76. The van der Waals surface area contributed by atoms with Crippen LogP contribution in [-0.2, 0) is 0 Å². The van der Waals surface area contributed by atoms with E-state index in [0.717, 1.165) is 6.42 Å². The standard InChI is InChI=1S/C11H11BS/c1-8-6-7-13-11(8)9-2-4-10(12)5-3-9/h2-4,6-7,10H,5H2,1H3. The molecule has 2 radical (unpaired) electrons. The Labute approximate surface area is 84.4 Å². The molecule has 64 valence electrons. The average molecular weight is 186 g/mol. The minimum Gasteiger partial charge on any atom is -0.144 e. The smallest absolute Gasteiger partial charge is 0.0759 e. The molecule has 1 aromatic rings. The molecule has 1 unspecified atom stereocenters. The quantitative estimate of drug-likeness (QED) is 0.590. The zero-order valence-electron chi connectivity index (χ0n) is 7.66. The second-order valence-electron chi connectivity index (χ2n) is 3.35. The van der Waals surface area contributed by atoms with Crippen LogP contribution in [0.4, 0.5) is 0 Å². The van der Waals surface area contributed by atoms with Gasteiger partial charge in [0.05, 0.1) is 7.85 Å². The summed E-state index contributed by atoms with van der Waals surface area (Å²) in [6.45, 7) is 2.15. The second-order valence-corrected chi connectivity index (χ2v) is 4.27. The fourth-order valence-corrected chi connectivity index (χ4v) is 2.42. The highest BCUT2D eigenvalue weighted by atomic mass is 32.1. The Morgan fingerprint density at radius 1 is 1.54 bits per heavy atom. The number of hydrogen-bond acceptors (Lipinski definition) is 1. The summed E-state index contributed by atoms with van der Waals surface area (Å²) in [5.41, 5.74) is 2.69. The molecule has 0 fully saturated rings. The number of thiophene rings is 1. The molecule has 1 atom stereocenters. The van der Waals surface area contributed by atoms with E-state index < -0.39 is 0 Å². The molecule has 0 aromatic carbocycles. The fourth-order valence-electron chi connectivity index (χ4n) is 1.47. The van der Waals surface area contributed by atoms with Gasteiger partial charge in [-0.25, -0.2) is 0 Å². The van der Waals surface area contributed by atoms with Crippen LogP contribution in [0.3, 0.4) is 0 Å². The molecule has 0 nitrogen and oxygen atoms in total. The van der Waals surface area contributed by atoms with Crippen molar-refractivity contribution in [3.8, 4) is 0 Å². The van der Waals surface area contributed by atoms with Crippen LogP contribution in [0.2, 0.25) is 5.82 Å². The Morgan fingerprint density at radius 2 is 2.38 bits per heavy atom. The molecule has 0 spiro atoms. The molecule has 1 aromatic heterocycles. The molecule has 0 bridgehead atoms. The van der Waals surface area contributed by atoms with Crippen LogP contribution in [0.1, 0.15) is 16.9 Å². The van der Waals surface area contributed by atoms with Gasteiger partial charge in [-0.2, -0.15) is 0 Å². The minimum absolute atomic E-state index is 0.212. The van der Waals surface area contributed by atoms with Crippen molar-refractivity contribution in [2.45, 2.75) is 19.2 Å². The molecule has 0 N–H and O–H groups in total. The van der Waals surface area contributed by atoms with Gasteiger partial charge in [-0.1, -0.05) is 24.0 Å². The van der Waals surface area contributed by atoms with Gasteiger partial charge in [0.25, 0.3) is 0 Å². The average Bonchev–Trinajstić information content (AvgIpc) is 2.53. The lowest BCUT2D eigenvalue weighted by molar-refractivity contribution is 1.03. The van der Waals surface area contributed by atoms with Crippen LogP contribution in [0.5, 0.6) is 0 Å². The summed E-state index contributed by atoms with van der Waals surface area (Å²) in [5, 5.41) is 2.13. The molecule has 2 heteroatoms. The normalized spacial score (nSPS) is 21.6.